The molecule has 0 aliphatic carbocycles. The maximum atomic E-state index is 11.2. The second kappa shape index (κ2) is 6.96. The Hall–Kier alpha value is -0.620. The van der Waals surface area contributed by atoms with Gasteiger partial charge >= 0.3 is 0 Å². The summed E-state index contributed by atoms with van der Waals surface area (Å²) < 4.78 is 57.0. The highest BCUT2D eigenvalue weighted by atomic mass is 32.2. The van der Waals surface area contributed by atoms with Gasteiger partial charge in [-0.15, -0.1) is 5.92 Å². The molecule has 0 amide bonds. The topological polar surface area (TPSA) is 97.7 Å². The third kappa shape index (κ3) is 9.12. The minimum Gasteiger partial charge on any atom is -0.286 e. The van der Waals surface area contributed by atoms with Crippen molar-refractivity contribution in [2.75, 3.05) is 18.1 Å². The van der Waals surface area contributed by atoms with Gasteiger partial charge in [0.25, 0.3) is 20.2 Å². The van der Waals surface area contributed by atoms with Gasteiger partial charge in [0.15, 0.2) is 0 Å². The highest BCUT2D eigenvalue weighted by molar-refractivity contribution is 7.86. The Labute approximate surface area is 102 Å². The van der Waals surface area contributed by atoms with E-state index >= 15 is 0 Å². The van der Waals surface area contributed by atoms with Crippen molar-refractivity contribution in [2.45, 2.75) is 20.3 Å². The van der Waals surface area contributed by atoms with Gasteiger partial charge in [0, 0.05) is 5.92 Å². The van der Waals surface area contributed by atoms with Gasteiger partial charge in [-0.3, -0.25) is 8.74 Å². The van der Waals surface area contributed by atoms with Crippen LogP contribution in [0, 0.1) is 17.8 Å². The van der Waals surface area contributed by atoms with Crippen molar-refractivity contribution in [1.29, 1.82) is 0 Å². The van der Waals surface area contributed by atoms with E-state index in [4.69, 9.17) is 4.55 Å². The molecule has 0 aliphatic heterocycles. The van der Waals surface area contributed by atoms with Gasteiger partial charge in [0.05, 0.1) is 18.1 Å². The van der Waals surface area contributed by atoms with Crippen LogP contribution >= 0.6 is 0 Å². The molecular weight excluding hydrogens is 268 g/mol. The zero-order chi connectivity index (χ0) is 13.5. The summed E-state index contributed by atoms with van der Waals surface area (Å²) >= 11 is 0. The summed E-state index contributed by atoms with van der Waals surface area (Å²) in [4.78, 5) is 0. The summed E-state index contributed by atoms with van der Waals surface area (Å²) in [5, 5.41) is 0. The second-order valence-electron chi connectivity index (χ2n) is 3.30. The Morgan fingerprint density at radius 3 is 2.29 bits per heavy atom. The van der Waals surface area contributed by atoms with Crippen LogP contribution in [0.5, 0.6) is 0 Å². The Morgan fingerprint density at radius 1 is 1.29 bits per heavy atom. The molecule has 0 bridgehead atoms. The normalized spacial score (nSPS) is 13.8. The van der Waals surface area contributed by atoms with Crippen molar-refractivity contribution in [3.63, 3.8) is 0 Å². The number of rotatable bonds is 7. The zero-order valence-corrected chi connectivity index (χ0v) is 11.3. The first kappa shape index (κ1) is 16.4. The monoisotopic (exact) mass is 284 g/mol. The van der Waals surface area contributed by atoms with Crippen molar-refractivity contribution in [2.24, 2.45) is 5.92 Å². The Balaban J connectivity index is 4.52. The largest absolute Gasteiger partial charge is 0.286 e. The van der Waals surface area contributed by atoms with Gasteiger partial charge in [-0.2, -0.15) is 16.8 Å². The van der Waals surface area contributed by atoms with Crippen LogP contribution in [0.15, 0.2) is 0 Å². The lowest BCUT2D eigenvalue weighted by molar-refractivity contribution is 0.336. The molecule has 8 heteroatoms. The van der Waals surface area contributed by atoms with Crippen LogP contribution in [-0.2, 0) is 24.4 Å². The summed E-state index contributed by atoms with van der Waals surface area (Å²) in [7, 11) is -7.81. The number of hydrogen-bond donors (Lipinski definition) is 1. The molecular formula is C9H16O6S2. The first-order valence-corrected chi connectivity index (χ1v) is 8.13. The van der Waals surface area contributed by atoms with Gasteiger partial charge in [-0.05, 0) is 20.3 Å². The minimum atomic E-state index is -4.16. The molecule has 0 heterocycles. The van der Waals surface area contributed by atoms with Gasteiger partial charge in [0.2, 0.25) is 0 Å². The van der Waals surface area contributed by atoms with Crippen LogP contribution < -0.4 is 0 Å². The van der Waals surface area contributed by atoms with E-state index in [1.165, 1.54) is 6.92 Å². The van der Waals surface area contributed by atoms with E-state index in [2.05, 4.69) is 16.0 Å². The van der Waals surface area contributed by atoms with Crippen molar-refractivity contribution < 1.29 is 25.6 Å². The lowest BCUT2D eigenvalue weighted by Gasteiger charge is -2.08. The van der Waals surface area contributed by atoms with Gasteiger partial charge in [-0.1, -0.05) is 5.92 Å². The molecule has 0 spiro atoms. The van der Waals surface area contributed by atoms with Crippen LogP contribution in [0.4, 0.5) is 0 Å². The van der Waals surface area contributed by atoms with Crippen LogP contribution in [-0.4, -0.2) is 39.5 Å². The number of hydrogen-bond acceptors (Lipinski definition) is 5. The molecule has 0 saturated heterocycles. The average molecular weight is 284 g/mol. The molecule has 0 saturated carbocycles. The van der Waals surface area contributed by atoms with E-state index in [0.717, 1.165) is 0 Å². The quantitative estimate of drug-likeness (QED) is 0.409. The molecule has 6 nitrogen and oxygen atoms in total. The van der Waals surface area contributed by atoms with Crippen LogP contribution in [0.2, 0.25) is 0 Å². The van der Waals surface area contributed by atoms with E-state index in [1.807, 2.05) is 0 Å². The van der Waals surface area contributed by atoms with Crippen molar-refractivity contribution in [3.05, 3.63) is 0 Å². The maximum absolute atomic E-state index is 11.2. The van der Waals surface area contributed by atoms with Crippen LogP contribution in [0.1, 0.15) is 20.3 Å². The Morgan fingerprint density at radius 2 is 1.88 bits per heavy atom. The third-order valence-electron chi connectivity index (χ3n) is 1.77. The Bertz CT molecular complexity index is 479. The van der Waals surface area contributed by atoms with Gasteiger partial charge in [-0.25, -0.2) is 0 Å². The predicted molar refractivity (Wildman–Crippen MR) is 63.4 cm³/mol. The van der Waals surface area contributed by atoms with Gasteiger partial charge < -0.3 is 0 Å². The summed E-state index contributed by atoms with van der Waals surface area (Å²) in [5.41, 5.74) is 0. The molecule has 1 unspecified atom stereocenters. The van der Waals surface area contributed by atoms with E-state index in [0.29, 0.717) is 0 Å². The second-order valence-corrected chi connectivity index (χ2v) is 6.55. The predicted octanol–water partition coefficient (Wildman–Crippen LogP) is 0.270. The summed E-state index contributed by atoms with van der Waals surface area (Å²) in [6, 6.07) is 0. The molecule has 0 aliphatic rings. The maximum Gasteiger partial charge on any atom is 0.267 e. The molecule has 100 valence electrons. The fraction of sp³-hybridized carbons (Fsp3) is 0.778. The summed E-state index contributed by atoms with van der Waals surface area (Å²) in [6.07, 6.45) is 0.00294. The fourth-order valence-electron chi connectivity index (χ4n) is 1.18. The average Bonchev–Trinajstić information content (AvgIpc) is 2.12. The van der Waals surface area contributed by atoms with Crippen molar-refractivity contribution in [1.82, 2.24) is 0 Å². The fourth-order valence-corrected chi connectivity index (χ4v) is 2.99. The third-order valence-corrected chi connectivity index (χ3v) is 3.93. The highest BCUT2D eigenvalue weighted by Crippen LogP contribution is 2.08. The standard InChI is InChI=1S/C9H16O6S2/c1-3-5-9(8-16(10,11)12)6-7-17(13,14)15-4-2/h9H,4,6-8H2,1-2H3,(H,10,11,12). The lowest BCUT2D eigenvalue weighted by atomic mass is 10.1. The highest BCUT2D eigenvalue weighted by Gasteiger charge is 2.19. The van der Waals surface area contributed by atoms with E-state index < -0.39 is 31.9 Å². The molecule has 1 N–H and O–H groups in total. The van der Waals surface area contributed by atoms with Gasteiger partial charge in [0.1, 0.15) is 0 Å². The first-order valence-electron chi connectivity index (χ1n) is 4.94. The summed E-state index contributed by atoms with van der Waals surface area (Å²) in [6.45, 7) is 3.08. The van der Waals surface area contributed by atoms with Crippen molar-refractivity contribution in [3.8, 4) is 11.8 Å². The molecule has 1 atom stereocenters. The molecule has 0 aromatic heterocycles. The van der Waals surface area contributed by atoms with E-state index in [-0.39, 0.29) is 18.8 Å². The minimum absolute atomic E-state index is 0.00294. The Kier molecular flexibility index (Phi) is 6.70. The summed E-state index contributed by atoms with van der Waals surface area (Å²) in [5.74, 6) is 3.43. The van der Waals surface area contributed by atoms with Crippen LogP contribution in [0.25, 0.3) is 0 Å². The van der Waals surface area contributed by atoms with Crippen LogP contribution in [0.3, 0.4) is 0 Å². The van der Waals surface area contributed by atoms with Crippen molar-refractivity contribution >= 4 is 20.2 Å². The first-order chi connectivity index (χ1) is 7.70. The smallest absolute Gasteiger partial charge is 0.267 e. The SMILES string of the molecule is CC#CC(CCS(=O)(=O)OCC)CS(=O)(=O)O. The van der Waals surface area contributed by atoms with E-state index in [1.54, 1.807) is 6.92 Å². The molecule has 0 aromatic rings. The lowest BCUT2D eigenvalue weighted by Crippen LogP contribution is -2.19. The zero-order valence-electron chi connectivity index (χ0n) is 9.71. The molecule has 0 aromatic carbocycles. The molecule has 17 heavy (non-hydrogen) atoms. The molecule has 0 radical (unpaired) electrons. The molecule has 0 fully saturated rings. The van der Waals surface area contributed by atoms with E-state index in [9.17, 15) is 16.8 Å². The molecule has 0 rings (SSSR count).